The summed E-state index contributed by atoms with van der Waals surface area (Å²) in [4.78, 5) is 0. The zero-order chi connectivity index (χ0) is 12.4. The molecule has 2 N–H and O–H groups in total. The summed E-state index contributed by atoms with van der Waals surface area (Å²) in [6.07, 6.45) is -0.249. The van der Waals surface area contributed by atoms with Gasteiger partial charge in [0.15, 0.2) is 0 Å². The fourth-order valence-electron chi connectivity index (χ4n) is 1.30. The van der Waals surface area contributed by atoms with Crippen LogP contribution in [-0.2, 0) is 9.47 Å². The minimum absolute atomic E-state index is 0.189. The normalized spacial score (nSPS) is 15.4. The van der Waals surface area contributed by atoms with Crippen molar-refractivity contribution in [1.82, 2.24) is 5.32 Å². The molecule has 0 aromatic carbocycles. The Balaban J connectivity index is 3.32. The van der Waals surface area contributed by atoms with Crippen LogP contribution in [0.5, 0.6) is 0 Å². The van der Waals surface area contributed by atoms with Crippen molar-refractivity contribution in [3.8, 4) is 0 Å². The molecule has 0 saturated carbocycles. The summed E-state index contributed by atoms with van der Waals surface area (Å²) >= 11 is 0. The van der Waals surface area contributed by atoms with Crippen LogP contribution in [0.4, 0.5) is 0 Å². The van der Waals surface area contributed by atoms with E-state index in [0.29, 0.717) is 25.7 Å². The molecule has 98 valence electrons. The van der Waals surface area contributed by atoms with E-state index in [4.69, 9.17) is 9.47 Å². The standard InChI is InChI=1S/C12H27NO3/c1-5-16-11(4)6-13-7-12(14)9-15-8-10(2)3/h10-14H,5-9H2,1-4H3. The van der Waals surface area contributed by atoms with Crippen LogP contribution in [0, 0.1) is 5.92 Å². The third-order valence-electron chi connectivity index (χ3n) is 2.02. The number of rotatable bonds is 10. The molecule has 0 aromatic heterocycles. The molecule has 0 aliphatic rings. The lowest BCUT2D eigenvalue weighted by molar-refractivity contribution is 0.0226. The van der Waals surface area contributed by atoms with Gasteiger partial charge in [-0.15, -0.1) is 0 Å². The molecule has 16 heavy (non-hydrogen) atoms. The Labute approximate surface area is 99.3 Å². The number of nitrogens with one attached hydrogen (secondary N) is 1. The van der Waals surface area contributed by atoms with Gasteiger partial charge < -0.3 is 19.9 Å². The minimum Gasteiger partial charge on any atom is -0.389 e. The van der Waals surface area contributed by atoms with Crippen LogP contribution in [0.25, 0.3) is 0 Å². The molecule has 4 nitrogen and oxygen atoms in total. The lowest BCUT2D eigenvalue weighted by Gasteiger charge is -2.16. The van der Waals surface area contributed by atoms with Gasteiger partial charge in [-0.1, -0.05) is 13.8 Å². The van der Waals surface area contributed by atoms with Crippen molar-refractivity contribution in [3.63, 3.8) is 0 Å². The van der Waals surface area contributed by atoms with E-state index >= 15 is 0 Å². The van der Waals surface area contributed by atoms with Crippen LogP contribution in [0.2, 0.25) is 0 Å². The number of hydrogen-bond acceptors (Lipinski definition) is 4. The summed E-state index contributed by atoms with van der Waals surface area (Å²) in [6.45, 7) is 11.3. The fourth-order valence-corrected chi connectivity index (χ4v) is 1.30. The molecule has 0 spiro atoms. The predicted octanol–water partition coefficient (Wildman–Crippen LogP) is 1.03. The highest BCUT2D eigenvalue weighted by Gasteiger charge is 2.06. The van der Waals surface area contributed by atoms with Gasteiger partial charge in [0.2, 0.25) is 0 Å². The van der Waals surface area contributed by atoms with Crippen LogP contribution in [-0.4, -0.2) is 50.2 Å². The average molecular weight is 233 g/mol. The maximum Gasteiger partial charge on any atom is 0.0897 e. The maximum absolute atomic E-state index is 9.58. The van der Waals surface area contributed by atoms with Crippen LogP contribution < -0.4 is 5.32 Å². The largest absolute Gasteiger partial charge is 0.389 e. The van der Waals surface area contributed by atoms with Gasteiger partial charge in [0.25, 0.3) is 0 Å². The summed E-state index contributed by atoms with van der Waals surface area (Å²) in [5.41, 5.74) is 0. The first-order valence-corrected chi connectivity index (χ1v) is 6.14. The molecule has 0 saturated heterocycles. The Morgan fingerprint density at radius 2 is 1.81 bits per heavy atom. The van der Waals surface area contributed by atoms with Gasteiger partial charge in [-0.2, -0.15) is 0 Å². The highest BCUT2D eigenvalue weighted by atomic mass is 16.5. The van der Waals surface area contributed by atoms with Gasteiger partial charge in [0, 0.05) is 26.3 Å². The van der Waals surface area contributed by atoms with E-state index < -0.39 is 6.10 Å². The van der Waals surface area contributed by atoms with Crippen LogP contribution in [0.15, 0.2) is 0 Å². The highest BCUT2D eigenvalue weighted by molar-refractivity contribution is 4.61. The van der Waals surface area contributed by atoms with Gasteiger partial charge in [-0.05, 0) is 19.8 Å². The second kappa shape index (κ2) is 10.0. The molecule has 0 rings (SSSR count). The van der Waals surface area contributed by atoms with Gasteiger partial charge in [0.1, 0.15) is 0 Å². The lowest BCUT2D eigenvalue weighted by atomic mass is 10.2. The number of aliphatic hydroxyl groups is 1. The van der Waals surface area contributed by atoms with Crippen molar-refractivity contribution in [3.05, 3.63) is 0 Å². The topological polar surface area (TPSA) is 50.7 Å². The molecule has 4 heteroatoms. The number of hydrogen-bond donors (Lipinski definition) is 2. The predicted molar refractivity (Wildman–Crippen MR) is 65.6 cm³/mol. The molecule has 0 heterocycles. The van der Waals surface area contributed by atoms with Crippen LogP contribution in [0.1, 0.15) is 27.7 Å². The van der Waals surface area contributed by atoms with E-state index in [9.17, 15) is 5.11 Å². The zero-order valence-corrected chi connectivity index (χ0v) is 11.0. The van der Waals surface area contributed by atoms with Crippen molar-refractivity contribution in [1.29, 1.82) is 0 Å². The summed E-state index contributed by atoms with van der Waals surface area (Å²) in [5.74, 6) is 0.512. The Kier molecular flexibility index (Phi) is 9.92. The summed E-state index contributed by atoms with van der Waals surface area (Å²) in [6, 6.07) is 0. The quantitative estimate of drug-likeness (QED) is 0.592. The summed E-state index contributed by atoms with van der Waals surface area (Å²) in [5, 5.41) is 12.7. The van der Waals surface area contributed by atoms with Gasteiger partial charge >= 0.3 is 0 Å². The van der Waals surface area contributed by atoms with E-state index in [1.54, 1.807) is 0 Å². The fraction of sp³-hybridized carbons (Fsp3) is 1.00. The first-order chi connectivity index (χ1) is 7.56. The number of ether oxygens (including phenoxy) is 2. The average Bonchev–Trinajstić information content (AvgIpc) is 2.17. The molecular weight excluding hydrogens is 206 g/mol. The third-order valence-corrected chi connectivity index (χ3v) is 2.02. The molecule has 2 atom stereocenters. The van der Waals surface area contributed by atoms with E-state index in [1.165, 1.54) is 0 Å². The Bertz CT molecular complexity index is 153. The minimum atomic E-state index is -0.437. The second-order valence-electron chi connectivity index (χ2n) is 4.51. The maximum atomic E-state index is 9.58. The van der Waals surface area contributed by atoms with Crippen molar-refractivity contribution >= 4 is 0 Å². The van der Waals surface area contributed by atoms with Gasteiger partial charge in [-0.3, -0.25) is 0 Å². The Hall–Kier alpha value is -0.160. The van der Waals surface area contributed by atoms with Gasteiger partial charge in [-0.25, -0.2) is 0 Å². The van der Waals surface area contributed by atoms with Gasteiger partial charge in [0.05, 0.1) is 18.8 Å². The van der Waals surface area contributed by atoms with E-state index in [1.807, 2.05) is 13.8 Å². The lowest BCUT2D eigenvalue weighted by Crippen LogP contribution is -2.35. The molecule has 0 bridgehead atoms. The van der Waals surface area contributed by atoms with Crippen molar-refractivity contribution in [2.45, 2.75) is 39.9 Å². The van der Waals surface area contributed by atoms with E-state index in [0.717, 1.165) is 13.2 Å². The third kappa shape index (κ3) is 10.4. The molecule has 0 aliphatic carbocycles. The molecule has 2 unspecified atom stereocenters. The SMILES string of the molecule is CCOC(C)CNCC(O)COCC(C)C. The Morgan fingerprint density at radius 3 is 2.38 bits per heavy atom. The van der Waals surface area contributed by atoms with Crippen LogP contribution in [0.3, 0.4) is 0 Å². The molecular formula is C12H27NO3. The molecule has 0 fully saturated rings. The van der Waals surface area contributed by atoms with Crippen molar-refractivity contribution in [2.24, 2.45) is 5.92 Å². The van der Waals surface area contributed by atoms with Crippen LogP contribution >= 0.6 is 0 Å². The second-order valence-corrected chi connectivity index (χ2v) is 4.51. The van der Waals surface area contributed by atoms with Crippen molar-refractivity contribution < 1.29 is 14.6 Å². The highest BCUT2D eigenvalue weighted by Crippen LogP contribution is 1.94. The number of aliphatic hydroxyl groups excluding tert-OH is 1. The monoisotopic (exact) mass is 233 g/mol. The van der Waals surface area contributed by atoms with E-state index in [2.05, 4.69) is 19.2 Å². The first-order valence-electron chi connectivity index (χ1n) is 6.14. The Morgan fingerprint density at radius 1 is 1.12 bits per heavy atom. The summed E-state index contributed by atoms with van der Waals surface area (Å²) < 4.78 is 10.7. The molecule has 0 aromatic rings. The molecule has 0 aliphatic heterocycles. The zero-order valence-electron chi connectivity index (χ0n) is 11.0. The smallest absolute Gasteiger partial charge is 0.0897 e. The first kappa shape index (κ1) is 15.8. The van der Waals surface area contributed by atoms with E-state index in [-0.39, 0.29) is 6.10 Å². The van der Waals surface area contributed by atoms with Crippen molar-refractivity contribution in [2.75, 3.05) is 32.9 Å². The molecule has 0 amide bonds. The summed E-state index contributed by atoms with van der Waals surface area (Å²) in [7, 11) is 0. The molecule has 0 radical (unpaired) electrons.